The van der Waals surface area contributed by atoms with Crippen molar-refractivity contribution in [1.82, 2.24) is 5.32 Å². The highest BCUT2D eigenvalue weighted by molar-refractivity contribution is 5.43. The standard InChI is InChI=1S/C15H21F2NO3/c1-10(12-5-6-20-9-12)18-8-11-3-4-13(19-2)14(7-11)21-15(16)17/h3-4,7,10,12,15,18H,5-6,8-9H2,1-2H3. The summed E-state index contributed by atoms with van der Waals surface area (Å²) in [5, 5.41) is 3.39. The highest BCUT2D eigenvalue weighted by Crippen LogP contribution is 2.29. The second kappa shape index (κ2) is 7.56. The normalized spacial score (nSPS) is 19.8. The third-order valence-electron chi connectivity index (χ3n) is 3.74. The van der Waals surface area contributed by atoms with Crippen LogP contribution >= 0.6 is 0 Å². The summed E-state index contributed by atoms with van der Waals surface area (Å²) in [7, 11) is 1.42. The fraction of sp³-hybridized carbons (Fsp3) is 0.600. The van der Waals surface area contributed by atoms with Crippen LogP contribution in [0, 0.1) is 5.92 Å². The van der Waals surface area contributed by atoms with Gasteiger partial charge in [-0.2, -0.15) is 8.78 Å². The van der Waals surface area contributed by atoms with Gasteiger partial charge < -0.3 is 19.5 Å². The molecule has 4 nitrogen and oxygen atoms in total. The van der Waals surface area contributed by atoms with Crippen molar-refractivity contribution in [1.29, 1.82) is 0 Å². The number of benzene rings is 1. The van der Waals surface area contributed by atoms with Crippen LogP contribution in [0.25, 0.3) is 0 Å². The Kier molecular flexibility index (Phi) is 5.76. The lowest BCUT2D eigenvalue weighted by Gasteiger charge is -2.19. The molecule has 1 fully saturated rings. The molecule has 0 amide bonds. The Labute approximate surface area is 123 Å². The van der Waals surface area contributed by atoms with Crippen LogP contribution in [0.5, 0.6) is 11.5 Å². The Bertz CT molecular complexity index is 451. The van der Waals surface area contributed by atoms with E-state index in [0.717, 1.165) is 25.2 Å². The van der Waals surface area contributed by atoms with Gasteiger partial charge in [-0.3, -0.25) is 0 Å². The molecule has 1 aliphatic rings. The van der Waals surface area contributed by atoms with Crippen molar-refractivity contribution < 1.29 is 23.0 Å². The largest absolute Gasteiger partial charge is 0.493 e. The number of methoxy groups -OCH3 is 1. The van der Waals surface area contributed by atoms with Gasteiger partial charge in [0.05, 0.1) is 13.7 Å². The zero-order valence-corrected chi connectivity index (χ0v) is 12.3. The first kappa shape index (κ1) is 16.0. The molecule has 0 spiro atoms. The van der Waals surface area contributed by atoms with E-state index in [9.17, 15) is 8.78 Å². The molecule has 21 heavy (non-hydrogen) atoms. The van der Waals surface area contributed by atoms with Crippen LogP contribution in [0.4, 0.5) is 8.78 Å². The van der Waals surface area contributed by atoms with E-state index in [2.05, 4.69) is 17.0 Å². The van der Waals surface area contributed by atoms with Crippen molar-refractivity contribution in [3.05, 3.63) is 23.8 Å². The average Bonchev–Trinajstić information content (AvgIpc) is 2.98. The molecule has 1 N–H and O–H groups in total. The summed E-state index contributed by atoms with van der Waals surface area (Å²) in [4.78, 5) is 0. The molecule has 1 aromatic carbocycles. The molecule has 0 saturated carbocycles. The minimum atomic E-state index is -2.86. The smallest absolute Gasteiger partial charge is 0.387 e. The highest BCUT2D eigenvalue weighted by atomic mass is 19.3. The number of hydrogen-bond acceptors (Lipinski definition) is 4. The molecular formula is C15H21F2NO3. The summed E-state index contributed by atoms with van der Waals surface area (Å²) in [5.41, 5.74) is 0.872. The molecule has 0 aliphatic carbocycles. The predicted molar refractivity (Wildman–Crippen MR) is 74.9 cm³/mol. The van der Waals surface area contributed by atoms with Crippen molar-refractivity contribution in [2.75, 3.05) is 20.3 Å². The minimum Gasteiger partial charge on any atom is -0.493 e. The maximum atomic E-state index is 12.4. The van der Waals surface area contributed by atoms with E-state index in [1.807, 2.05) is 6.07 Å². The zero-order chi connectivity index (χ0) is 15.2. The molecule has 1 heterocycles. The molecule has 0 bridgehead atoms. The maximum Gasteiger partial charge on any atom is 0.387 e. The fourth-order valence-corrected chi connectivity index (χ4v) is 2.41. The van der Waals surface area contributed by atoms with Gasteiger partial charge in [0.25, 0.3) is 0 Å². The first-order chi connectivity index (χ1) is 10.1. The number of alkyl halides is 2. The van der Waals surface area contributed by atoms with Crippen molar-refractivity contribution in [3.63, 3.8) is 0 Å². The van der Waals surface area contributed by atoms with Crippen LogP contribution in [-0.4, -0.2) is 33.0 Å². The van der Waals surface area contributed by atoms with E-state index in [-0.39, 0.29) is 5.75 Å². The predicted octanol–water partition coefficient (Wildman–Crippen LogP) is 2.81. The van der Waals surface area contributed by atoms with E-state index < -0.39 is 6.61 Å². The van der Waals surface area contributed by atoms with Gasteiger partial charge in [-0.15, -0.1) is 0 Å². The second-order valence-electron chi connectivity index (χ2n) is 5.16. The molecule has 2 atom stereocenters. The van der Waals surface area contributed by atoms with Gasteiger partial charge in [0, 0.05) is 19.2 Å². The molecule has 2 rings (SSSR count). The van der Waals surface area contributed by atoms with Crippen LogP contribution < -0.4 is 14.8 Å². The molecule has 0 aromatic heterocycles. The summed E-state index contributed by atoms with van der Waals surface area (Å²) >= 11 is 0. The van der Waals surface area contributed by atoms with E-state index >= 15 is 0 Å². The second-order valence-corrected chi connectivity index (χ2v) is 5.16. The van der Waals surface area contributed by atoms with Gasteiger partial charge in [0.15, 0.2) is 11.5 Å². The molecular weight excluding hydrogens is 280 g/mol. The van der Waals surface area contributed by atoms with Crippen LogP contribution in [-0.2, 0) is 11.3 Å². The molecule has 1 saturated heterocycles. The molecule has 1 aliphatic heterocycles. The SMILES string of the molecule is COc1ccc(CNC(C)C2CCOC2)cc1OC(F)F. The Hall–Kier alpha value is -1.40. The maximum absolute atomic E-state index is 12.4. The Morgan fingerprint density at radius 1 is 1.38 bits per heavy atom. The lowest BCUT2D eigenvalue weighted by Crippen LogP contribution is -2.33. The van der Waals surface area contributed by atoms with Crippen molar-refractivity contribution >= 4 is 0 Å². The molecule has 0 radical (unpaired) electrons. The van der Waals surface area contributed by atoms with Crippen LogP contribution in [0.2, 0.25) is 0 Å². The van der Waals surface area contributed by atoms with Gasteiger partial charge in [-0.1, -0.05) is 6.07 Å². The lowest BCUT2D eigenvalue weighted by molar-refractivity contribution is -0.0512. The number of hydrogen-bond donors (Lipinski definition) is 1. The summed E-state index contributed by atoms with van der Waals surface area (Å²) in [6.07, 6.45) is 1.05. The third kappa shape index (κ3) is 4.54. The molecule has 6 heteroatoms. The van der Waals surface area contributed by atoms with Gasteiger partial charge in [-0.25, -0.2) is 0 Å². The number of halogens is 2. The first-order valence-electron chi connectivity index (χ1n) is 7.03. The van der Waals surface area contributed by atoms with Crippen molar-refractivity contribution in [3.8, 4) is 11.5 Å². The van der Waals surface area contributed by atoms with Gasteiger partial charge >= 0.3 is 6.61 Å². The summed E-state index contributed by atoms with van der Waals surface area (Å²) < 4.78 is 39.6. The third-order valence-corrected chi connectivity index (χ3v) is 3.74. The van der Waals surface area contributed by atoms with Gasteiger partial charge in [-0.05, 0) is 37.0 Å². The summed E-state index contributed by atoms with van der Waals surface area (Å²) in [6.45, 7) is 1.42. The molecule has 1 aromatic rings. The topological polar surface area (TPSA) is 39.7 Å². The number of ether oxygens (including phenoxy) is 3. The number of rotatable bonds is 7. The summed E-state index contributed by atoms with van der Waals surface area (Å²) in [5.74, 6) is 0.861. The Morgan fingerprint density at radius 2 is 2.19 bits per heavy atom. The summed E-state index contributed by atoms with van der Waals surface area (Å²) in [6, 6.07) is 5.37. The van der Waals surface area contributed by atoms with E-state index in [1.165, 1.54) is 7.11 Å². The zero-order valence-electron chi connectivity index (χ0n) is 12.3. The minimum absolute atomic E-state index is 0.0589. The lowest BCUT2D eigenvalue weighted by atomic mass is 10.0. The average molecular weight is 301 g/mol. The fourth-order valence-electron chi connectivity index (χ4n) is 2.41. The van der Waals surface area contributed by atoms with E-state index in [4.69, 9.17) is 9.47 Å². The monoisotopic (exact) mass is 301 g/mol. The molecule has 2 unspecified atom stereocenters. The first-order valence-corrected chi connectivity index (χ1v) is 7.03. The van der Waals surface area contributed by atoms with Gasteiger partial charge in [0.2, 0.25) is 0 Å². The molecule has 118 valence electrons. The van der Waals surface area contributed by atoms with Crippen LogP contribution in [0.15, 0.2) is 18.2 Å². The number of nitrogens with one attached hydrogen (secondary N) is 1. The Balaban J connectivity index is 1.96. The van der Waals surface area contributed by atoms with Crippen LogP contribution in [0.3, 0.4) is 0 Å². The Morgan fingerprint density at radius 3 is 2.81 bits per heavy atom. The van der Waals surface area contributed by atoms with Crippen LogP contribution in [0.1, 0.15) is 18.9 Å². The highest BCUT2D eigenvalue weighted by Gasteiger charge is 2.21. The van der Waals surface area contributed by atoms with E-state index in [1.54, 1.807) is 12.1 Å². The van der Waals surface area contributed by atoms with E-state index in [0.29, 0.717) is 24.3 Å². The quantitative estimate of drug-likeness (QED) is 0.840. The van der Waals surface area contributed by atoms with Crippen molar-refractivity contribution in [2.24, 2.45) is 5.92 Å². The van der Waals surface area contributed by atoms with Gasteiger partial charge in [0.1, 0.15) is 0 Å². The van der Waals surface area contributed by atoms with Crippen molar-refractivity contribution in [2.45, 2.75) is 32.5 Å².